The fraction of sp³-hybridized carbons (Fsp3) is 0.750. The van der Waals surface area contributed by atoms with Crippen LogP contribution in [-0.2, 0) is 19.0 Å². The van der Waals surface area contributed by atoms with Gasteiger partial charge in [0.2, 0.25) is 0 Å². The summed E-state index contributed by atoms with van der Waals surface area (Å²) >= 11 is 0. The SMILES string of the molecule is CCCCN(/C=C(\COC)C(=O)OCC)C(=O)OC(C)(C)C. The van der Waals surface area contributed by atoms with Crippen molar-refractivity contribution in [2.75, 3.05) is 26.9 Å². The second kappa shape index (κ2) is 10.2. The van der Waals surface area contributed by atoms with Gasteiger partial charge in [-0.25, -0.2) is 9.59 Å². The molecule has 0 radical (unpaired) electrons. The molecule has 0 saturated carbocycles. The van der Waals surface area contributed by atoms with Crippen molar-refractivity contribution in [1.29, 1.82) is 0 Å². The summed E-state index contributed by atoms with van der Waals surface area (Å²) in [5, 5.41) is 0. The maximum atomic E-state index is 12.3. The Morgan fingerprint density at radius 3 is 2.27 bits per heavy atom. The molecule has 6 heteroatoms. The zero-order chi connectivity index (χ0) is 17.2. The summed E-state index contributed by atoms with van der Waals surface area (Å²) in [5.74, 6) is -0.491. The lowest BCUT2D eigenvalue weighted by Crippen LogP contribution is -2.35. The van der Waals surface area contributed by atoms with Gasteiger partial charge >= 0.3 is 12.1 Å². The topological polar surface area (TPSA) is 65.1 Å². The molecule has 0 aliphatic rings. The maximum Gasteiger partial charge on any atom is 0.414 e. The monoisotopic (exact) mass is 315 g/mol. The van der Waals surface area contributed by atoms with E-state index < -0.39 is 17.7 Å². The predicted molar refractivity (Wildman–Crippen MR) is 84.4 cm³/mol. The van der Waals surface area contributed by atoms with Gasteiger partial charge in [-0.3, -0.25) is 4.90 Å². The molecule has 0 fully saturated rings. The minimum Gasteiger partial charge on any atom is -0.463 e. The number of carbonyl (C=O) groups excluding carboxylic acids is 2. The van der Waals surface area contributed by atoms with Crippen LogP contribution in [0, 0.1) is 0 Å². The zero-order valence-electron chi connectivity index (χ0n) is 14.6. The van der Waals surface area contributed by atoms with Gasteiger partial charge in [0, 0.05) is 19.9 Å². The Hall–Kier alpha value is -1.56. The molecule has 0 spiro atoms. The molecule has 22 heavy (non-hydrogen) atoms. The number of ether oxygens (including phenoxy) is 3. The molecule has 0 aliphatic carbocycles. The Kier molecular flexibility index (Phi) is 9.49. The van der Waals surface area contributed by atoms with Crippen molar-refractivity contribution >= 4 is 12.1 Å². The Labute approximate surface area is 133 Å². The van der Waals surface area contributed by atoms with Crippen LogP contribution < -0.4 is 0 Å². The maximum absolute atomic E-state index is 12.3. The van der Waals surface area contributed by atoms with Gasteiger partial charge < -0.3 is 14.2 Å². The Morgan fingerprint density at radius 1 is 1.18 bits per heavy atom. The van der Waals surface area contributed by atoms with Gasteiger partial charge in [0.05, 0.1) is 18.8 Å². The molecule has 0 atom stereocenters. The van der Waals surface area contributed by atoms with Crippen molar-refractivity contribution in [3.05, 3.63) is 11.8 Å². The first-order chi connectivity index (χ1) is 10.2. The van der Waals surface area contributed by atoms with Crippen LogP contribution in [0.1, 0.15) is 47.5 Å². The number of methoxy groups -OCH3 is 1. The Balaban J connectivity index is 5.22. The van der Waals surface area contributed by atoms with Crippen molar-refractivity contribution in [2.24, 2.45) is 0 Å². The minimum atomic E-state index is -0.596. The molecule has 6 nitrogen and oxygen atoms in total. The summed E-state index contributed by atoms with van der Waals surface area (Å²) in [6.45, 7) is 9.96. The molecule has 0 bridgehead atoms. The average molecular weight is 315 g/mol. The van der Waals surface area contributed by atoms with Crippen LogP contribution in [-0.4, -0.2) is 49.4 Å². The van der Waals surface area contributed by atoms with Crippen molar-refractivity contribution in [1.82, 2.24) is 4.90 Å². The molecule has 0 aromatic rings. The van der Waals surface area contributed by atoms with Crippen LogP contribution in [0.5, 0.6) is 0 Å². The molecular weight excluding hydrogens is 286 g/mol. The van der Waals surface area contributed by atoms with Gasteiger partial charge in [-0.05, 0) is 34.1 Å². The number of esters is 1. The van der Waals surface area contributed by atoms with Gasteiger partial charge in [0.1, 0.15) is 5.60 Å². The normalized spacial score (nSPS) is 12.0. The van der Waals surface area contributed by atoms with Crippen LogP contribution in [0.3, 0.4) is 0 Å². The number of carbonyl (C=O) groups is 2. The second-order valence-corrected chi connectivity index (χ2v) is 5.84. The Bertz CT molecular complexity index is 384. The van der Waals surface area contributed by atoms with Crippen LogP contribution in [0.25, 0.3) is 0 Å². The molecule has 0 unspecified atom stereocenters. The quantitative estimate of drug-likeness (QED) is 0.508. The van der Waals surface area contributed by atoms with Gasteiger partial charge in [-0.2, -0.15) is 0 Å². The third-order valence-corrected chi connectivity index (χ3v) is 2.53. The molecular formula is C16H29NO5. The molecule has 0 N–H and O–H groups in total. The lowest BCUT2D eigenvalue weighted by atomic mass is 10.2. The highest BCUT2D eigenvalue weighted by atomic mass is 16.6. The Morgan fingerprint density at radius 2 is 1.82 bits per heavy atom. The summed E-state index contributed by atoms with van der Waals surface area (Å²) in [4.78, 5) is 25.6. The van der Waals surface area contributed by atoms with E-state index in [2.05, 4.69) is 0 Å². The lowest BCUT2D eigenvalue weighted by molar-refractivity contribution is -0.139. The van der Waals surface area contributed by atoms with Crippen LogP contribution >= 0.6 is 0 Å². The third kappa shape index (κ3) is 8.67. The van der Waals surface area contributed by atoms with E-state index in [4.69, 9.17) is 14.2 Å². The molecule has 0 heterocycles. The largest absolute Gasteiger partial charge is 0.463 e. The summed E-state index contributed by atoms with van der Waals surface area (Å²) < 4.78 is 15.4. The van der Waals surface area contributed by atoms with Crippen LogP contribution in [0.4, 0.5) is 4.79 Å². The van der Waals surface area contributed by atoms with E-state index in [0.717, 1.165) is 12.8 Å². The summed E-state index contributed by atoms with van der Waals surface area (Å²) in [5.41, 5.74) is -0.313. The van der Waals surface area contributed by atoms with Crippen molar-refractivity contribution in [3.8, 4) is 0 Å². The van der Waals surface area contributed by atoms with E-state index in [1.165, 1.54) is 18.2 Å². The van der Waals surface area contributed by atoms with Crippen molar-refractivity contribution < 1.29 is 23.8 Å². The summed E-state index contributed by atoms with van der Waals surface area (Å²) in [6, 6.07) is 0. The highest BCUT2D eigenvalue weighted by Gasteiger charge is 2.22. The molecule has 0 rings (SSSR count). The molecule has 0 aromatic carbocycles. The lowest BCUT2D eigenvalue weighted by Gasteiger charge is -2.25. The number of amides is 1. The third-order valence-electron chi connectivity index (χ3n) is 2.53. The molecule has 1 amide bonds. The van der Waals surface area contributed by atoms with Gasteiger partial charge in [0.25, 0.3) is 0 Å². The van der Waals surface area contributed by atoms with Gasteiger partial charge in [0.15, 0.2) is 0 Å². The first kappa shape index (κ1) is 20.4. The highest BCUT2D eigenvalue weighted by Crippen LogP contribution is 2.13. The van der Waals surface area contributed by atoms with Crippen LogP contribution in [0.2, 0.25) is 0 Å². The average Bonchev–Trinajstić information content (AvgIpc) is 2.40. The number of rotatable bonds is 8. The van der Waals surface area contributed by atoms with Crippen LogP contribution in [0.15, 0.2) is 11.8 Å². The van der Waals surface area contributed by atoms with E-state index in [1.54, 1.807) is 27.7 Å². The fourth-order valence-corrected chi connectivity index (χ4v) is 1.57. The summed E-state index contributed by atoms with van der Waals surface area (Å²) in [7, 11) is 1.48. The first-order valence-electron chi connectivity index (χ1n) is 7.61. The smallest absolute Gasteiger partial charge is 0.414 e. The number of nitrogens with zero attached hydrogens (tertiary/aromatic N) is 1. The van der Waals surface area contributed by atoms with E-state index in [9.17, 15) is 9.59 Å². The van der Waals surface area contributed by atoms with Gasteiger partial charge in [-0.15, -0.1) is 0 Å². The minimum absolute atomic E-state index is 0.0737. The summed E-state index contributed by atoms with van der Waals surface area (Å²) in [6.07, 6.45) is 2.70. The van der Waals surface area contributed by atoms with Crippen molar-refractivity contribution in [3.63, 3.8) is 0 Å². The highest BCUT2D eigenvalue weighted by molar-refractivity contribution is 5.89. The second-order valence-electron chi connectivity index (χ2n) is 5.84. The number of hydrogen-bond acceptors (Lipinski definition) is 5. The fourth-order valence-electron chi connectivity index (χ4n) is 1.57. The molecule has 0 aliphatic heterocycles. The molecule has 0 aromatic heterocycles. The first-order valence-corrected chi connectivity index (χ1v) is 7.61. The van der Waals surface area contributed by atoms with Gasteiger partial charge in [-0.1, -0.05) is 13.3 Å². The molecule has 128 valence electrons. The van der Waals surface area contributed by atoms with E-state index in [1.807, 2.05) is 6.92 Å². The van der Waals surface area contributed by atoms with Crippen molar-refractivity contribution in [2.45, 2.75) is 53.1 Å². The number of unbranched alkanes of at least 4 members (excludes halogenated alkanes) is 1. The predicted octanol–water partition coefficient (Wildman–Crippen LogP) is 3.12. The van der Waals surface area contributed by atoms with E-state index in [-0.39, 0.29) is 18.8 Å². The number of hydrogen-bond donors (Lipinski definition) is 0. The molecule has 0 saturated heterocycles. The van der Waals surface area contributed by atoms with E-state index >= 15 is 0 Å². The standard InChI is InChI=1S/C16H29NO5/c1-7-9-10-17(15(19)22-16(3,4)5)11-13(12-20-6)14(18)21-8-2/h11H,7-10,12H2,1-6H3/b13-11+. The van der Waals surface area contributed by atoms with E-state index in [0.29, 0.717) is 6.54 Å². The zero-order valence-corrected chi connectivity index (χ0v) is 14.6.